The predicted octanol–water partition coefficient (Wildman–Crippen LogP) is 4.94. The van der Waals surface area contributed by atoms with Crippen molar-refractivity contribution in [2.24, 2.45) is 0 Å². The lowest BCUT2D eigenvalue weighted by Gasteiger charge is -2.10. The first kappa shape index (κ1) is 17.2. The van der Waals surface area contributed by atoms with Gasteiger partial charge in [0.15, 0.2) is 0 Å². The molecule has 0 atom stereocenters. The van der Waals surface area contributed by atoms with Crippen LogP contribution in [0.4, 0.5) is 0 Å². The number of fused-ring (bicyclic) bond motifs is 1. The molecule has 1 aromatic heterocycles. The number of halogens is 2. The normalized spacial score (nSPS) is 11.4. The Balaban J connectivity index is 1.99. The number of aromatic nitrogens is 1. The number of rotatable bonds is 6. The van der Waals surface area contributed by atoms with Crippen LogP contribution in [0.15, 0.2) is 48.7 Å². The molecule has 3 rings (SSSR count). The zero-order valence-corrected chi connectivity index (χ0v) is 15.3. The molecule has 2 aromatic carbocycles. The Labute approximate surface area is 152 Å². The van der Waals surface area contributed by atoms with Gasteiger partial charge in [0.25, 0.3) is 0 Å². The molecule has 0 fully saturated rings. The lowest BCUT2D eigenvalue weighted by atomic mass is 10.2. The van der Waals surface area contributed by atoms with Crippen molar-refractivity contribution in [1.82, 2.24) is 9.47 Å². The third kappa shape index (κ3) is 3.86. The Hall–Kier alpha value is -1.68. The summed E-state index contributed by atoms with van der Waals surface area (Å²) in [5.41, 5.74) is 2.16. The van der Waals surface area contributed by atoms with Gasteiger partial charge in [0.05, 0.1) is 10.5 Å². The van der Waals surface area contributed by atoms with E-state index < -0.39 is 0 Å². The largest absolute Gasteiger partial charge is 0.490 e. The van der Waals surface area contributed by atoms with Crippen molar-refractivity contribution in [3.63, 3.8) is 0 Å². The fourth-order valence-corrected chi connectivity index (χ4v) is 3.28. The Kier molecular flexibility index (Phi) is 5.34. The maximum Gasteiger partial charge on any atom is 0.144 e. The highest BCUT2D eigenvalue weighted by Crippen LogP contribution is 2.36. The average Bonchev–Trinajstić information content (AvgIpc) is 2.86. The summed E-state index contributed by atoms with van der Waals surface area (Å²) in [5, 5.41) is 2.19. The highest BCUT2D eigenvalue weighted by Gasteiger charge is 2.14. The van der Waals surface area contributed by atoms with Crippen molar-refractivity contribution in [1.29, 1.82) is 0 Å². The summed E-state index contributed by atoms with van der Waals surface area (Å²) in [7, 11) is 4.05. The van der Waals surface area contributed by atoms with Crippen molar-refractivity contribution in [3.05, 3.63) is 64.3 Å². The van der Waals surface area contributed by atoms with Gasteiger partial charge in [0.2, 0.25) is 0 Å². The van der Waals surface area contributed by atoms with Gasteiger partial charge in [0, 0.05) is 29.7 Å². The first-order valence-corrected chi connectivity index (χ1v) is 8.59. The molecule has 0 amide bonds. The Bertz CT molecular complexity index is 828. The zero-order valence-electron chi connectivity index (χ0n) is 13.8. The van der Waals surface area contributed by atoms with E-state index in [0.717, 1.165) is 29.7 Å². The second-order valence-corrected chi connectivity index (χ2v) is 6.89. The Morgan fingerprint density at radius 1 is 1.08 bits per heavy atom. The molecule has 5 heteroatoms. The summed E-state index contributed by atoms with van der Waals surface area (Å²) in [6, 6.07) is 14.0. The molecule has 0 unspecified atom stereocenters. The number of hydrogen-bond acceptors (Lipinski definition) is 2. The van der Waals surface area contributed by atoms with Gasteiger partial charge in [-0.1, -0.05) is 53.5 Å². The van der Waals surface area contributed by atoms with Crippen LogP contribution < -0.4 is 4.74 Å². The molecule has 3 aromatic rings. The quantitative estimate of drug-likeness (QED) is 0.617. The van der Waals surface area contributed by atoms with E-state index in [-0.39, 0.29) is 0 Å². The first-order chi connectivity index (χ1) is 11.5. The van der Waals surface area contributed by atoms with Crippen LogP contribution >= 0.6 is 23.2 Å². The topological polar surface area (TPSA) is 17.4 Å². The number of benzene rings is 2. The van der Waals surface area contributed by atoms with Gasteiger partial charge in [-0.15, -0.1) is 0 Å². The molecule has 126 valence electrons. The van der Waals surface area contributed by atoms with Crippen LogP contribution in [0.25, 0.3) is 10.9 Å². The molecule has 0 bridgehead atoms. The molecule has 0 radical (unpaired) electrons. The van der Waals surface area contributed by atoms with Crippen molar-refractivity contribution in [3.8, 4) is 5.75 Å². The van der Waals surface area contributed by atoms with Crippen LogP contribution in [0.1, 0.15) is 5.56 Å². The second-order valence-electron chi connectivity index (χ2n) is 6.04. The zero-order chi connectivity index (χ0) is 17.1. The van der Waals surface area contributed by atoms with Crippen LogP contribution in [0, 0.1) is 0 Å². The van der Waals surface area contributed by atoms with Crippen molar-refractivity contribution >= 4 is 34.1 Å². The van der Waals surface area contributed by atoms with E-state index in [1.807, 2.05) is 44.6 Å². The maximum absolute atomic E-state index is 6.46. The molecule has 0 saturated heterocycles. The molecular weight excluding hydrogens is 343 g/mol. The third-order valence-electron chi connectivity index (χ3n) is 3.85. The van der Waals surface area contributed by atoms with Gasteiger partial charge >= 0.3 is 0 Å². The molecular formula is C19H20Cl2N2O. The summed E-state index contributed by atoms with van der Waals surface area (Å²) >= 11 is 12.7. The van der Waals surface area contributed by atoms with Crippen molar-refractivity contribution in [2.75, 3.05) is 27.2 Å². The summed E-state index contributed by atoms with van der Waals surface area (Å²) in [6.07, 6.45) is 2.01. The second kappa shape index (κ2) is 7.47. The van der Waals surface area contributed by atoms with Crippen LogP contribution in [-0.2, 0) is 6.54 Å². The van der Waals surface area contributed by atoms with E-state index in [2.05, 4.69) is 21.6 Å². The van der Waals surface area contributed by atoms with E-state index in [1.54, 1.807) is 6.07 Å². The van der Waals surface area contributed by atoms with Crippen LogP contribution in [0.3, 0.4) is 0 Å². The lowest BCUT2D eigenvalue weighted by Crippen LogP contribution is -2.19. The third-order valence-corrected chi connectivity index (χ3v) is 4.35. The monoisotopic (exact) mass is 362 g/mol. The summed E-state index contributed by atoms with van der Waals surface area (Å²) in [5.74, 6) is 0.812. The molecule has 0 aliphatic carbocycles. The number of ether oxygens (including phenoxy) is 1. The van der Waals surface area contributed by atoms with Crippen LogP contribution in [0.5, 0.6) is 5.75 Å². The van der Waals surface area contributed by atoms with E-state index in [4.69, 9.17) is 27.9 Å². The number of nitrogens with zero attached hydrogens (tertiary/aromatic N) is 2. The van der Waals surface area contributed by atoms with E-state index in [0.29, 0.717) is 16.7 Å². The number of likely N-dealkylation sites (N-methyl/N-ethyl adjacent to an activating group) is 1. The molecule has 3 nitrogen and oxygen atoms in total. The molecule has 24 heavy (non-hydrogen) atoms. The van der Waals surface area contributed by atoms with Gasteiger partial charge in [-0.3, -0.25) is 0 Å². The standard InChI is InChI=1S/C19H20Cl2N2O/c1-22(2)8-9-24-18-13-23(12-14-6-4-3-5-7-14)19-16(18)10-15(20)11-17(19)21/h3-7,10-11,13H,8-9,12H2,1-2H3. The minimum Gasteiger partial charge on any atom is -0.490 e. The summed E-state index contributed by atoms with van der Waals surface area (Å²) in [6.45, 7) is 2.19. The highest BCUT2D eigenvalue weighted by molar-refractivity contribution is 6.38. The fraction of sp³-hybridized carbons (Fsp3) is 0.263. The first-order valence-electron chi connectivity index (χ1n) is 7.84. The van der Waals surface area contributed by atoms with Gasteiger partial charge in [0.1, 0.15) is 12.4 Å². The molecule has 0 saturated carbocycles. The van der Waals surface area contributed by atoms with E-state index >= 15 is 0 Å². The minimum atomic E-state index is 0.613. The SMILES string of the molecule is CN(C)CCOc1cn(Cc2ccccc2)c2c(Cl)cc(Cl)cc12. The molecule has 1 heterocycles. The number of hydrogen-bond donors (Lipinski definition) is 0. The molecule has 0 N–H and O–H groups in total. The van der Waals surface area contributed by atoms with Gasteiger partial charge in [-0.05, 0) is 31.8 Å². The Morgan fingerprint density at radius 3 is 2.54 bits per heavy atom. The van der Waals surface area contributed by atoms with Crippen molar-refractivity contribution in [2.45, 2.75) is 6.54 Å². The Morgan fingerprint density at radius 2 is 1.83 bits per heavy atom. The van der Waals surface area contributed by atoms with Gasteiger partial charge in [-0.2, -0.15) is 0 Å². The van der Waals surface area contributed by atoms with E-state index in [1.165, 1.54) is 5.56 Å². The van der Waals surface area contributed by atoms with E-state index in [9.17, 15) is 0 Å². The smallest absolute Gasteiger partial charge is 0.144 e. The van der Waals surface area contributed by atoms with Crippen molar-refractivity contribution < 1.29 is 4.74 Å². The minimum absolute atomic E-state index is 0.613. The predicted molar refractivity (Wildman–Crippen MR) is 102 cm³/mol. The van der Waals surface area contributed by atoms with Gasteiger partial charge in [-0.25, -0.2) is 0 Å². The summed E-state index contributed by atoms with van der Waals surface area (Å²) < 4.78 is 8.10. The van der Waals surface area contributed by atoms with Crippen LogP contribution in [-0.4, -0.2) is 36.7 Å². The fourth-order valence-electron chi connectivity index (χ4n) is 2.68. The van der Waals surface area contributed by atoms with Crippen LogP contribution in [0.2, 0.25) is 10.0 Å². The average molecular weight is 363 g/mol. The lowest BCUT2D eigenvalue weighted by molar-refractivity contribution is 0.263. The molecule has 0 spiro atoms. The molecule has 0 aliphatic heterocycles. The summed E-state index contributed by atoms with van der Waals surface area (Å²) in [4.78, 5) is 2.09. The highest BCUT2D eigenvalue weighted by atomic mass is 35.5. The van der Waals surface area contributed by atoms with Gasteiger partial charge < -0.3 is 14.2 Å². The molecule has 0 aliphatic rings. The maximum atomic E-state index is 6.46.